The average molecular weight is 348 g/mol. The SMILES string of the molecule is CC(=O)N(c1nc(C)c(-c2cc(C(N)=O)c(=O)[nH]c2C)s1)C(C)C. The van der Waals surface area contributed by atoms with Crippen LogP contribution in [0.15, 0.2) is 10.9 Å². The highest BCUT2D eigenvalue weighted by atomic mass is 32.1. The zero-order chi connectivity index (χ0) is 18.2. The van der Waals surface area contributed by atoms with Gasteiger partial charge in [0.1, 0.15) is 5.56 Å². The summed E-state index contributed by atoms with van der Waals surface area (Å²) in [6, 6.07) is 1.45. The molecule has 128 valence electrons. The van der Waals surface area contributed by atoms with E-state index in [9.17, 15) is 14.4 Å². The Bertz CT molecular complexity index is 867. The molecule has 0 aromatic carbocycles. The van der Waals surface area contributed by atoms with Crippen LogP contribution in [0.2, 0.25) is 0 Å². The zero-order valence-electron chi connectivity index (χ0n) is 14.3. The number of carbonyl (C=O) groups excluding carboxylic acids is 2. The van der Waals surface area contributed by atoms with Crippen LogP contribution in [0.4, 0.5) is 5.13 Å². The average Bonchev–Trinajstić information content (AvgIpc) is 2.78. The van der Waals surface area contributed by atoms with Crippen LogP contribution in [0, 0.1) is 13.8 Å². The van der Waals surface area contributed by atoms with Crippen LogP contribution in [-0.4, -0.2) is 27.8 Å². The molecule has 8 heteroatoms. The predicted octanol–water partition coefficient (Wildman–Crippen LogP) is 1.98. The third-order valence-corrected chi connectivity index (χ3v) is 4.79. The number of nitrogens with two attached hydrogens (primary N) is 1. The van der Waals surface area contributed by atoms with Gasteiger partial charge in [0.2, 0.25) is 5.91 Å². The summed E-state index contributed by atoms with van der Waals surface area (Å²) in [6.07, 6.45) is 0. The minimum atomic E-state index is -0.785. The minimum Gasteiger partial charge on any atom is -0.365 e. The summed E-state index contributed by atoms with van der Waals surface area (Å²) in [5.41, 5.74) is 6.65. The molecule has 0 atom stereocenters. The summed E-state index contributed by atoms with van der Waals surface area (Å²) in [6.45, 7) is 8.88. The van der Waals surface area contributed by atoms with Gasteiger partial charge in [-0.1, -0.05) is 11.3 Å². The summed E-state index contributed by atoms with van der Waals surface area (Å²) >= 11 is 1.34. The molecule has 0 aliphatic rings. The van der Waals surface area contributed by atoms with Gasteiger partial charge in [-0.3, -0.25) is 19.3 Å². The molecule has 3 N–H and O–H groups in total. The highest BCUT2D eigenvalue weighted by Crippen LogP contribution is 2.36. The number of rotatable bonds is 4. The van der Waals surface area contributed by atoms with Crippen molar-refractivity contribution in [2.75, 3.05) is 4.90 Å². The maximum Gasteiger partial charge on any atom is 0.261 e. The molecule has 0 aliphatic carbocycles. The number of amides is 2. The fourth-order valence-electron chi connectivity index (χ4n) is 2.50. The highest BCUT2D eigenvalue weighted by molar-refractivity contribution is 7.19. The Morgan fingerprint density at radius 2 is 1.96 bits per heavy atom. The first-order valence-corrected chi connectivity index (χ1v) is 8.26. The quantitative estimate of drug-likeness (QED) is 0.880. The Hall–Kier alpha value is -2.48. The van der Waals surface area contributed by atoms with Gasteiger partial charge in [-0.05, 0) is 33.8 Å². The van der Waals surface area contributed by atoms with Crippen LogP contribution in [-0.2, 0) is 4.79 Å². The van der Waals surface area contributed by atoms with Crippen LogP contribution in [0.5, 0.6) is 0 Å². The number of thiazole rings is 1. The van der Waals surface area contributed by atoms with Crippen LogP contribution >= 0.6 is 11.3 Å². The summed E-state index contributed by atoms with van der Waals surface area (Å²) in [5, 5.41) is 0.580. The lowest BCUT2D eigenvalue weighted by Crippen LogP contribution is -2.34. The number of aryl methyl sites for hydroxylation is 2. The molecule has 0 radical (unpaired) electrons. The van der Waals surface area contributed by atoms with Crippen molar-refractivity contribution in [2.24, 2.45) is 5.73 Å². The summed E-state index contributed by atoms with van der Waals surface area (Å²) in [4.78, 5) is 44.7. The number of nitrogens with one attached hydrogen (secondary N) is 1. The largest absolute Gasteiger partial charge is 0.365 e. The van der Waals surface area contributed by atoms with Crippen molar-refractivity contribution >= 4 is 28.3 Å². The Labute approximate surface area is 143 Å². The lowest BCUT2D eigenvalue weighted by Gasteiger charge is -2.21. The van der Waals surface area contributed by atoms with Crippen molar-refractivity contribution in [3.8, 4) is 10.4 Å². The van der Waals surface area contributed by atoms with Crippen LogP contribution in [0.3, 0.4) is 0 Å². The molecule has 0 spiro atoms. The fraction of sp³-hybridized carbons (Fsp3) is 0.375. The summed E-state index contributed by atoms with van der Waals surface area (Å²) in [5.74, 6) is -0.881. The summed E-state index contributed by atoms with van der Waals surface area (Å²) < 4.78 is 0. The van der Waals surface area contributed by atoms with Gasteiger partial charge in [0.25, 0.3) is 11.5 Å². The monoisotopic (exact) mass is 348 g/mol. The van der Waals surface area contributed by atoms with Crippen molar-refractivity contribution in [2.45, 2.75) is 40.7 Å². The van der Waals surface area contributed by atoms with E-state index in [4.69, 9.17) is 5.73 Å². The van der Waals surface area contributed by atoms with Gasteiger partial charge in [-0.15, -0.1) is 0 Å². The number of hydrogen-bond acceptors (Lipinski definition) is 5. The maximum absolute atomic E-state index is 11.9. The second-order valence-corrected chi connectivity index (χ2v) is 6.79. The molecule has 0 saturated carbocycles. The van der Waals surface area contributed by atoms with E-state index in [0.717, 1.165) is 4.88 Å². The standard InChI is InChI=1S/C16H20N4O3S/c1-7(2)20(10(5)21)16-19-9(4)13(24-16)11-6-12(14(17)22)15(23)18-8(11)3/h6-7H,1-5H3,(H2,17,22)(H,18,23). The molecule has 2 aromatic rings. The number of aromatic nitrogens is 2. The maximum atomic E-state index is 11.9. The van der Waals surface area contributed by atoms with E-state index in [1.54, 1.807) is 11.8 Å². The first kappa shape index (κ1) is 17.9. The number of anilines is 1. The number of aromatic amines is 1. The van der Waals surface area contributed by atoms with Gasteiger partial charge in [-0.25, -0.2) is 4.98 Å². The molecule has 0 aliphatic heterocycles. The number of carbonyl (C=O) groups is 2. The van der Waals surface area contributed by atoms with Crippen molar-refractivity contribution in [1.82, 2.24) is 9.97 Å². The molecule has 0 bridgehead atoms. The van der Waals surface area contributed by atoms with E-state index >= 15 is 0 Å². The molecule has 2 heterocycles. The second kappa shape index (κ2) is 6.56. The van der Waals surface area contributed by atoms with E-state index in [1.165, 1.54) is 24.3 Å². The topological polar surface area (TPSA) is 109 Å². The van der Waals surface area contributed by atoms with Gasteiger partial charge >= 0.3 is 0 Å². The van der Waals surface area contributed by atoms with E-state index in [-0.39, 0.29) is 17.5 Å². The molecule has 0 saturated heterocycles. The number of nitrogens with zero attached hydrogens (tertiary/aromatic N) is 2. The molecule has 0 unspecified atom stereocenters. The molecule has 7 nitrogen and oxygen atoms in total. The molecule has 2 rings (SSSR count). The number of hydrogen-bond donors (Lipinski definition) is 2. The molecule has 2 aromatic heterocycles. The van der Waals surface area contributed by atoms with Gasteiger partial charge < -0.3 is 10.7 Å². The molecule has 2 amide bonds. The van der Waals surface area contributed by atoms with E-state index < -0.39 is 11.5 Å². The highest BCUT2D eigenvalue weighted by Gasteiger charge is 2.22. The second-order valence-electron chi connectivity index (χ2n) is 5.81. The summed E-state index contributed by atoms with van der Waals surface area (Å²) in [7, 11) is 0. The van der Waals surface area contributed by atoms with E-state index in [2.05, 4.69) is 9.97 Å². The van der Waals surface area contributed by atoms with Gasteiger partial charge in [0, 0.05) is 24.2 Å². The Balaban J connectivity index is 2.63. The smallest absolute Gasteiger partial charge is 0.261 e. The Morgan fingerprint density at radius 3 is 2.46 bits per heavy atom. The zero-order valence-corrected chi connectivity index (χ0v) is 15.1. The third-order valence-electron chi connectivity index (χ3n) is 3.60. The third kappa shape index (κ3) is 3.23. The number of H-pyrrole nitrogens is 1. The van der Waals surface area contributed by atoms with Crippen molar-refractivity contribution in [3.05, 3.63) is 33.4 Å². The molecule has 0 fully saturated rings. The molecular formula is C16H20N4O3S. The molecule has 24 heavy (non-hydrogen) atoms. The van der Waals surface area contributed by atoms with Crippen LogP contribution < -0.4 is 16.2 Å². The Kier molecular flexibility index (Phi) is 4.88. The minimum absolute atomic E-state index is 0.0289. The lowest BCUT2D eigenvalue weighted by molar-refractivity contribution is -0.116. The van der Waals surface area contributed by atoms with Crippen molar-refractivity contribution in [3.63, 3.8) is 0 Å². The van der Waals surface area contributed by atoms with Gasteiger partial charge in [0.05, 0.1) is 10.6 Å². The van der Waals surface area contributed by atoms with Crippen LogP contribution in [0.1, 0.15) is 42.5 Å². The fourth-order valence-corrected chi connectivity index (χ4v) is 3.81. The van der Waals surface area contributed by atoms with E-state index in [0.29, 0.717) is 22.1 Å². The number of primary amides is 1. The first-order valence-electron chi connectivity index (χ1n) is 7.44. The van der Waals surface area contributed by atoms with Crippen LogP contribution in [0.25, 0.3) is 10.4 Å². The molecular weight excluding hydrogens is 328 g/mol. The Morgan fingerprint density at radius 1 is 1.33 bits per heavy atom. The normalized spacial score (nSPS) is 10.9. The van der Waals surface area contributed by atoms with Crippen molar-refractivity contribution in [1.29, 1.82) is 0 Å². The van der Waals surface area contributed by atoms with Crippen molar-refractivity contribution < 1.29 is 9.59 Å². The van der Waals surface area contributed by atoms with Gasteiger partial charge in [-0.2, -0.15) is 0 Å². The lowest BCUT2D eigenvalue weighted by atomic mass is 10.1. The van der Waals surface area contributed by atoms with E-state index in [1.807, 2.05) is 20.8 Å². The predicted molar refractivity (Wildman–Crippen MR) is 94.5 cm³/mol. The number of pyridine rings is 1. The van der Waals surface area contributed by atoms with Gasteiger partial charge in [0.15, 0.2) is 5.13 Å². The first-order chi connectivity index (χ1) is 11.1.